The number of aromatic hydroxyl groups is 1. The second-order valence-corrected chi connectivity index (χ2v) is 4.46. The quantitative estimate of drug-likeness (QED) is 0.836. The molecular formula is C13H15N3O2. The molecule has 0 amide bonds. The third-order valence-corrected chi connectivity index (χ3v) is 2.73. The van der Waals surface area contributed by atoms with Crippen LogP contribution < -0.4 is 0 Å². The van der Waals surface area contributed by atoms with Crippen LogP contribution in [0, 0.1) is 0 Å². The van der Waals surface area contributed by atoms with Crippen LogP contribution in [-0.4, -0.2) is 26.4 Å². The number of nitrogens with zero attached hydrogens (tertiary/aromatic N) is 3. The van der Waals surface area contributed by atoms with E-state index in [4.69, 9.17) is 0 Å². The number of benzene rings is 1. The zero-order valence-electron chi connectivity index (χ0n) is 10.4. The maximum absolute atomic E-state index is 10.9. The third kappa shape index (κ3) is 2.40. The van der Waals surface area contributed by atoms with Crippen molar-refractivity contribution in [1.29, 1.82) is 0 Å². The molecule has 0 saturated heterocycles. The normalized spacial score (nSPS) is 10.8. The largest absolute Gasteiger partial charge is 0.508 e. The number of hydrogen-bond donors (Lipinski definition) is 1. The predicted molar refractivity (Wildman–Crippen MR) is 66.7 cm³/mol. The van der Waals surface area contributed by atoms with E-state index < -0.39 is 0 Å². The highest BCUT2D eigenvalue weighted by molar-refractivity contribution is 5.73. The molecule has 0 atom stereocenters. The molecule has 0 bridgehead atoms. The van der Waals surface area contributed by atoms with Gasteiger partial charge in [0.2, 0.25) is 0 Å². The summed E-state index contributed by atoms with van der Waals surface area (Å²) in [5.74, 6) is 0.410. The summed E-state index contributed by atoms with van der Waals surface area (Å²) >= 11 is 0. The number of carbonyl (C=O) groups excluding carboxylic acids is 1. The number of carbonyl (C=O) groups is 1. The second kappa shape index (κ2) is 5.00. The lowest BCUT2D eigenvalue weighted by Crippen LogP contribution is -2.08. The highest BCUT2D eigenvalue weighted by atomic mass is 16.3. The van der Waals surface area contributed by atoms with Gasteiger partial charge in [0.15, 0.2) is 6.29 Å². The van der Waals surface area contributed by atoms with Gasteiger partial charge in [0.1, 0.15) is 11.4 Å². The molecule has 0 unspecified atom stereocenters. The maximum Gasteiger partial charge on any atom is 0.172 e. The molecule has 1 aromatic carbocycles. The Morgan fingerprint density at radius 1 is 1.33 bits per heavy atom. The van der Waals surface area contributed by atoms with Crippen molar-refractivity contribution < 1.29 is 9.90 Å². The number of rotatable bonds is 4. The summed E-state index contributed by atoms with van der Waals surface area (Å²) in [7, 11) is 0. The summed E-state index contributed by atoms with van der Waals surface area (Å²) in [5, 5.41) is 17.1. The van der Waals surface area contributed by atoms with E-state index in [0.717, 1.165) is 17.5 Å². The van der Waals surface area contributed by atoms with Gasteiger partial charge in [-0.25, -0.2) is 4.68 Å². The molecule has 0 spiro atoms. The molecule has 0 aliphatic rings. The number of hydrogen-bond acceptors (Lipinski definition) is 4. The summed E-state index contributed by atoms with van der Waals surface area (Å²) in [6.45, 7) is 4.53. The van der Waals surface area contributed by atoms with Gasteiger partial charge in [0, 0.05) is 0 Å². The second-order valence-electron chi connectivity index (χ2n) is 4.46. The first-order chi connectivity index (χ1) is 8.61. The smallest absolute Gasteiger partial charge is 0.172 e. The van der Waals surface area contributed by atoms with Gasteiger partial charge in [0.25, 0.3) is 0 Å². The molecule has 0 aliphatic carbocycles. The first-order valence-electron chi connectivity index (χ1n) is 5.78. The zero-order valence-corrected chi connectivity index (χ0v) is 10.4. The Labute approximate surface area is 105 Å². The fraction of sp³-hybridized carbons (Fsp3) is 0.308. The topological polar surface area (TPSA) is 68.0 Å². The molecule has 0 radical (unpaired) electrons. The average molecular weight is 245 g/mol. The molecule has 2 aromatic rings. The Hall–Kier alpha value is -2.17. The molecule has 1 heterocycles. The van der Waals surface area contributed by atoms with Crippen molar-refractivity contribution in [2.24, 2.45) is 0 Å². The van der Waals surface area contributed by atoms with Gasteiger partial charge in [-0.2, -0.15) is 0 Å². The standard InChI is InChI=1S/C13H15N3O2/c1-9(2)13-12(8-17)14-15-16(13)7-10-3-5-11(18)6-4-10/h3-6,8-9,18H,7H2,1-2H3. The molecule has 0 fully saturated rings. The van der Waals surface area contributed by atoms with Crippen LogP contribution >= 0.6 is 0 Å². The van der Waals surface area contributed by atoms with E-state index in [0.29, 0.717) is 12.2 Å². The lowest BCUT2D eigenvalue weighted by atomic mass is 10.1. The molecule has 1 aromatic heterocycles. The van der Waals surface area contributed by atoms with Crippen LogP contribution in [0.15, 0.2) is 24.3 Å². The first kappa shape index (κ1) is 12.3. The van der Waals surface area contributed by atoms with Crippen molar-refractivity contribution in [3.05, 3.63) is 41.2 Å². The maximum atomic E-state index is 10.9. The Kier molecular flexibility index (Phi) is 3.41. The molecule has 94 valence electrons. The van der Waals surface area contributed by atoms with Crippen LogP contribution in [0.4, 0.5) is 0 Å². The van der Waals surface area contributed by atoms with Gasteiger partial charge in [-0.1, -0.05) is 31.2 Å². The van der Waals surface area contributed by atoms with E-state index in [1.54, 1.807) is 16.8 Å². The molecule has 5 heteroatoms. The fourth-order valence-electron chi connectivity index (χ4n) is 1.90. The number of phenolic OH excluding ortho intramolecular Hbond substituents is 1. The number of aldehydes is 1. The van der Waals surface area contributed by atoms with Crippen LogP contribution in [0.25, 0.3) is 0 Å². The van der Waals surface area contributed by atoms with E-state index in [1.165, 1.54) is 0 Å². The monoisotopic (exact) mass is 245 g/mol. The van der Waals surface area contributed by atoms with Crippen LogP contribution in [0.5, 0.6) is 5.75 Å². The van der Waals surface area contributed by atoms with E-state index in [1.807, 2.05) is 26.0 Å². The van der Waals surface area contributed by atoms with Crippen molar-refractivity contribution in [3.63, 3.8) is 0 Å². The van der Waals surface area contributed by atoms with E-state index in [-0.39, 0.29) is 11.7 Å². The Balaban J connectivity index is 2.31. The van der Waals surface area contributed by atoms with Gasteiger partial charge in [-0.3, -0.25) is 4.79 Å². The minimum absolute atomic E-state index is 0.178. The van der Waals surface area contributed by atoms with Crippen LogP contribution in [0.3, 0.4) is 0 Å². The minimum Gasteiger partial charge on any atom is -0.508 e. The van der Waals surface area contributed by atoms with E-state index in [9.17, 15) is 9.90 Å². The SMILES string of the molecule is CC(C)c1c(C=O)nnn1Cc1ccc(O)cc1. The van der Waals surface area contributed by atoms with E-state index >= 15 is 0 Å². The van der Waals surface area contributed by atoms with Crippen molar-refractivity contribution in [3.8, 4) is 5.75 Å². The van der Waals surface area contributed by atoms with Gasteiger partial charge in [-0.15, -0.1) is 5.10 Å². The minimum atomic E-state index is 0.178. The van der Waals surface area contributed by atoms with Crippen molar-refractivity contribution in [2.75, 3.05) is 0 Å². The van der Waals surface area contributed by atoms with Gasteiger partial charge in [-0.05, 0) is 23.6 Å². The summed E-state index contributed by atoms with van der Waals surface area (Å²) < 4.78 is 1.72. The van der Waals surface area contributed by atoms with Crippen LogP contribution in [-0.2, 0) is 6.54 Å². The third-order valence-electron chi connectivity index (χ3n) is 2.73. The number of aromatic nitrogens is 3. The summed E-state index contributed by atoms with van der Waals surface area (Å²) in [4.78, 5) is 10.9. The fourth-order valence-corrected chi connectivity index (χ4v) is 1.90. The highest BCUT2D eigenvalue weighted by Gasteiger charge is 2.15. The van der Waals surface area contributed by atoms with Crippen LogP contribution in [0.2, 0.25) is 0 Å². The van der Waals surface area contributed by atoms with Crippen molar-refractivity contribution >= 4 is 6.29 Å². The molecule has 0 aliphatic heterocycles. The molecular weight excluding hydrogens is 230 g/mol. The Bertz CT molecular complexity index is 544. The van der Waals surface area contributed by atoms with Crippen molar-refractivity contribution in [1.82, 2.24) is 15.0 Å². The molecule has 18 heavy (non-hydrogen) atoms. The molecule has 5 nitrogen and oxygen atoms in total. The Morgan fingerprint density at radius 2 is 2.00 bits per heavy atom. The highest BCUT2D eigenvalue weighted by Crippen LogP contribution is 2.18. The van der Waals surface area contributed by atoms with Crippen molar-refractivity contribution in [2.45, 2.75) is 26.3 Å². The van der Waals surface area contributed by atoms with Crippen LogP contribution in [0.1, 0.15) is 41.5 Å². The van der Waals surface area contributed by atoms with Gasteiger partial charge >= 0.3 is 0 Å². The summed E-state index contributed by atoms with van der Waals surface area (Å²) in [5.41, 5.74) is 2.22. The van der Waals surface area contributed by atoms with Gasteiger partial charge < -0.3 is 5.11 Å². The number of phenols is 1. The lowest BCUT2D eigenvalue weighted by Gasteiger charge is -2.09. The first-order valence-corrected chi connectivity index (χ1v) is 5.78. The predicted octanol–water partition coefficient (Wildman–Crippen LogP) is 1.97. The average Bonchev–Trinajstić information content (AvgIpc) is 2.75. The summed E-state index contributed by atoms with van der Waals surface area (Å²) in [6.07, 6.45) is 0.732. The summed E-state index contributed by atoms with van der Waals surface area (Å²) in [6, 6.07) is 6.90. The Morgan fingerprint density at radius 3 is 2.56 bits per heavy atom. The molecule has 0 saturated carbocycles. The van der Waals surface area contributed by atoms with E-state index in [2.05, 4.69) is 10.3 Å². The molecule has 1 N–H and O–H groups in total. The zero-order chi connectivity index (χ0) is 13.1. The molecule has 2 rings (SSSR count). The lowest BCUT2D eigenvalue weighted by molar-refractivity contribution is 0.111. The van der Waals surface area contributed by atoms with Gasteiger partial charge in [0.05, 0.1) is 12.2 Å².